The number of anilines is 1. The average Bonchev–Trinajstić information content (AvgIpc) is 3.41. The van der Waals surface area contributed by atoms with E-state index < -0.39 is 34.1 Å². The Bertz CT molecular complexity index is 1370. The van der Waals surface area contributed by atoms with E-state index in [9.17, 15) is 23.1 Å². The van der Waals surface area contributed by atoms with Crippen molar-refractivity contribution in [3.8, 4) is 5.75 Å². The zero-order chi connectivity index (χ0) is 32.6. The van der Waals surface area contributed by atoms with Gasteiger partial charge in [-0.2, -0.15) is 4.31 Å². The van der Waals surface area contributed by atoms with Crippen LogP contribution < -0.4 is 15.4 Å². The summed E-state index contributed by atoms with van der Waals surface area (Å²) < 4.78 is 41.8. The summed E-state index contributed by atoms with van der Waals surface area (Å²) in [5.41, 5.74) is 0.663. The van der Waals surface area contributed by atoms with Gasteiger partial charge in [-0.3, -0.25) is 4.79 Å². The van der Waals surface area contributed by atoms with Gasteiger partial charge in [0.25, 0.3) is 15.9 Å². The summed E-state index contributed by atoms with van der Waals surface area (Å²) in [6.45, 7) is 9.59. The lowest BCUT2D eigenvalue weighted by Gasteiger charge is -2.35. The molecule has 14 heteroatoms. The van der Waals surface area contributed by atoms with Crippen LogP contribution in [0.2, 0.25) is 0 Å². The molecule has 2 heterocycles. The molecule has 0 saturated heterocycles. The second-order valence-corrected chi connectivity index (χ2v) is 13.9. The maximum Gasteiger partial charge on any atom is 0.319 e. The molecule has 13 nitrogen and oxygen atoms in total. The average molecular weight is 637 g/mol. The molecule has 0 radical (unpaired) electrons. The molecule has 0 unspecified atom stereocenters. The first-order valence-corrected chi connectivity index (χ1v) is 16.5. The standard InChI is InChI=1S/C30H48N6O7S/c1-20(2)32-30(39)33-24-11-12-26-25(14-24)29(38)36(22(4)18-37)15-21(3)27(42-13-9-8-10-23(5)43-26)16-35(7)44(40,41)28-17-34(6)19-31-28/h11-12,14,17,19-23,27,37H,8-10,13,15-16,18H2,1-7H3,(H2,32,33,39)/t21-,22+,23+,27+/m1/s1. The number of imidazole rings is 1. The van der Waals surface area contributed by atoms with E-state index >= 15 is 0 Å². The van der Waals surface area contributed by atoms with E-state index in [-0.39, 0.29) is 48.3 Å². The molecule has 1 aliphatic rings. The first-order valence-electron chi connectivity index (χ1n) is 15.1. The minimum Gasteiger partial charge on any atom is -0.490 e. The van der Waals surface area contributed by atoms with Crippen LogP contribution in [0.25, 0.3) is 0 Å². The predicted molar refractivity (Wildman–Crippen MR) is 167 cm³/mol. The van der Waals surface area contributed by atoms with Gasteiger partial charge in [0, 0.05) is 57.6 Å². The fraction of sp³-hybridized carbons (Fsp3) is 0.633. The number of aliphatic hydroxyl groups is 1. The topological polar surface area (TPSA) is 155 Å². The normalized spacial score (nSPS) is 21.4. The molecule has 1 aromatic carbocycles. The van der Waals surface area contributed by atoms with Gasteiger partial charge in [0.15, 0.2) is 5.03 Å². The Balaban J connectivity index is 1.96. The summed E-state index contributed by atoms with van der Waals surface area (Å²) in [7, 11) is -0.682. The number of amides is 3. The van der Waals surface area contributed by atoms with Gasteiger partial charge in [0.1, 0.15) is 5.75 Å². The zero-order valence-electron chi connectivity index (χ0n) is 26.8. The second-order valence-electron chi connectivity index (χ2n) is 11.9. The van der Waals surface area contributed by atoms with Crippen LogP contribution >= 0.6 is 0 Å². The Morgan fingerprint density at radius 3 is 2.59 bits per heavy atom. The maximum atomic E-state index is 14.2. The summed E-state index contributed by atoms with van der Waals surface area (Å²) >= 11 is 0. The van der Waals surface area contributed by atoms with Crippen LogP contribution in [-0.2, 0) is 21.8 Å². The second kappa shape index (κ2) is 15.7. The van der Waals surface area contributed by atoms with Crippen LogP contribution in [0.4, 0.5) is 10.5 Å². The van der Waals surface area contributed by atoms with E-state index in [1.165, 1.54) is 23.9 Å². The van der Waals surface area contributed by atoms with Crippen molar-refractivity contribution in [3.05, 3.63) is 36.3 Å². The Morgan fingerprint density at radius 2 is 1.95 bits per heavy atom. The third-order valence-electron chi connectivity index (χ3n) is 7.52. The minimum absolute atomic E-state index is 0.0464. The highest BCUT2D eigenvalue weighted by Crippen LogP contribution is 2.29. The van der Waals surface area contributed by atoms with Gasteiger partial charge in [-0.05, 0) is 65.2 Å². The molecule has 0 bridgehead atoms. The van der Waals surface area contributed by atoms with Crippen molar-refractivity contribution >= 4 is 27.6 Å². The molecule has 0 saturated carbocycles. The first kappa shape index (κ1) is 35.3. The number of nitrogens with one attached hydrogen (secondary N) is 2. The third-order valence-corrected chi connectivity index (χ3v) is 9.23. The molecule has 0 aliphatic carbocycles. The quantitative estimate of drug-likeness (QED) is 0.399. The van der Waals surface area contributed by atoms with Gasteiger partial charge >= 0.3 is 6.03 Å². The van der Waals surface area contributed by atoms with Crippen molar-refractivity contribution in [2.45, 2.75) is 83.2 Å². The van der Waals surface area contributed by atoms with Crippen molar-refractivity contribution in [1.82, 2.24) is 24.1 Å². The lowest BCUT2D eigenvalue weighted by molar-refractivity contribution is -0.00835. The van der Waals surface area contributed by atoms with Crippen molar-refractivity contribution in [1.29, 1.82) is 0 Å². The van der Waals surface area contributed by atoms with Gasteiger partial charge < -0.3 is 34.7 Å². The highest BCUT2D eigenvalue weighted by Gasteiger charge is 2.33. The number of hydrogen-bond donors (Lipinski definition) is 3. The van der Waals surface area contributed by atoms with E-state index in [4.69, 9.17) is 9.47 Å². The van der Waals surface area contributed by atoms with Crippen molar-refractivity contribution in [2.75, 3.05) is 38.7 Å². The summed E-state index contributed by atoms with van der Waals surface area (Å²) in [5.74, 6) is -0.330. The molecule has 3 rings (SSSR count). The number of urea groups is 1. The van der Waals surface area contributed by atoms with Crippen LogP contribution in [-0.4, -0.2) is 102 Å². The number of sulfonamides is 1. The lowest BCUT2D eigenvalue weighted by Crippen LogP contribution is -2.48. The number of carbonyl (C=O) groups is 2. The van der Waals surface area contributed by atoms with Crippen LogP contribution in [0.5, 0.6) is 5.75 Å². The number of rotatable bonds is 8. The van der Waals surface area contributed by atoms with E-state index in [1.807, 2.05) is 27.7 Å². The molecule has 4 atom stereocenters. The molecule has 0 spiro atoms. The Labute approximate surface area is 261 Å². The largest absolute Gasteiger partial charge is 0.490 e. The number of likely N-dealkylation sites (N-methyl/N-ethyl adjacent to an activating group) is 1. The molecule has 0 fully saturated rings. The van der Waals surface area contributed by atoms with Crippen LogP contribution in [0.3, 0.4) is 0 Å². The first-order chi connectivity index (χ1) is 20.7. The number of ether oxygens (including phenoxy) is 2. The van der Waals surface area contributed by atoms with Gasteiger partial charge in [-0.15, -0.1) is 0 Å². The van der Waals surface area contributed by atoms with Crippen molar-refractivity contribution in [3.63, 3.8) is 0 Å². The summed E-state index contributed by atoms with van der Waals surface area (Å²) in [5, 5.41) is 15.6. The summed E-state index contributed by atoms with van der Waals surface area (Å²) in [6, 6.07) is 3.90. The van der Waals surface area contributed by atoms with Crippen molar-refractivity contribution in [2.24, 2.45) is 13.0 Å². The van der Waals surface area contributed by atoms with E-state index in [1.54, 1.807) is 41.6 Å². The predicted octanol–water partition coefficient (Wildman–Crippen LogP) is 3.07. The molecule has 1 aromatic heterocycles. The maximum absolute atomic E-state index is 14.2. The van der Waals surface area contributed by atoms with Crippen LogP contribution in [0.1, 0.15) is 64.2 Å². The van der Waals surface area contributed by atoms with Gasteiger partial charge in [0.05, 0.1) is 36.7 Å². The molecular formula is C30H48N6O7S. The molecule has 3 amide bonds. The highest BCUT2D eigenvalue weighted by atomic mass is 32.2. The molecule has 2 aromatic rings. The fourth-order valence-corrected chi connectivity index (χ4v) is 6.07. The van der Waals surface area contributed by atoms with Gasteiger partial charge in [0.2, 0.25) is 0 Å². The van der Waals surface area contributed by atoms with E-state index in [0.717, 1.165) is 12.8 Å². The third kappa shape index (κ3) is 9.40. The van der Waals surface area contributed by atoms with E-state index in [0.29, 0.717) is 24.5 Å². The highest BCUT2D eigenvalue weighted by molar-refractivity contribution is 7.89. The molecule has 3 N–H and O–H groups in total. The fourth-order valence-electron chi connectivity index (χ4n) is 4.93. The number of aryl methyl sites for hydroxylation is 1. The number of carbonyl (C=O) groups excluding carboxylic acids is 2. The number of nitrogens with zero attached hydrogens (tertiary/aromatic N) is 4. The lowest BCUT2D eigenvalue weighted by atomic mass is 10.0. The van der Waals surface area contributed by atoms with Gasteiger partial charge in [-0.25, -0.2) is 18.2 Å². The van der Waals surface area contributed by atoms with E-state index in [2.05, 4.69) is 15.6 Å². The van der Waals surface area contributed by atoms with Crippen molar-refractivity contribution < 1.29 is 32.6 Å². The SMILES string of the molecule is CC(C)NC(=O)Nc1ccc2c(c1)C(=O)N([C@@H](C)CO)C[C@@H](C)[C@H](CN(C)S(=O)(=O)c1cn(C)cn1)OCCCC[C@H](C)O2. The number of aromatic nitrogens is 2. The molecule has 1 aliphatic heterocycles. The minimum atomic E-state index is -3.87. The smallest absolute Gasteiger partial charge is 0.319 e. The summed E-state index contributed by atoms with van der Waals surface area (Å²) in [4.78, 5) is 32.2. The van der Waals surface area contributed by atoms with Gasteiger partial charge in [-0.1, -0.05) is 6.92 Å². The molecule has 246 valence electrons. The van der Waals surface area contributed by atoms with Crippen LogP contribution in [0.15, 0.2) is 35.7 Å². The zero-order valence-corrected chi connectivity index (χ0v) is 27.6. The summed E-state index contributed by atoms with van der Waals surface area (Å²) in [6.07, 6.45) is 4.37. The Hall–Kier alpha value is -3.20. The Kier molecular flexibility index (Phi) is 12.6. The van der Waals surface area contributed by atoms with Crippen LogP contribution in [0, 0.1) is 5.92 Å². The Morgan fingerprint density at radius 1 is 1.23 bits per heavy atom. The molecule has 44 heavy (non-hydrogen) atoms. The number of hydrogen-bond acceptors (Lipinski definition) is 8. The monoisotopic (exact) mass is 636 g/mol. The number of benzene rings is 1. The number of aliphatic hydroxyl groups excluding tert-OH is 1. The molecular weight excluding hydrogens is 588 g/mol. The number of fused-ring (bicyclic) bond motifs is 1.